The first kappa shape index (κ1) is 18.4. The molecule has 0 saturated carbocycles. The Balaban J connectivity index is 1.69. The van der Waals surface area contributed by atoms with Crippen LogP contribution in [0.15, 0.2) is 85.1 Å². The normalized spacial score (nSPS) is 11.7. The summed E-state index contributed by atoms with van der Waals surface area (Å²) in [5.41, 5.74) is 2.59. The van der Waals surface area contributed by atoms with Gasteiger partial charge in [-0.05, 0) is 18.2 Å². The predicted octanol–water partition coefficient (Wildman–Crippen LogP) is 4.76. The average molecular weight is 383 g/mol. The Bertz CT molecular complexity index is 1180. The van der Waals surface area contributed by atoms with Gasteiger partial charge in [-0.2, -0.15) is 0 Å². The number of fused-ring (bicyclic) bond motifs is 1. The molecule has 29 heavy (non-hydrogen) atoms. The highest BCUT2D eigenvalue weighted by Crippen LogP contribution is 2.28. The summed E-state index contributed by atoms with van der Waals surface area (Å²) >= 11 is 0. The molecule has 0 aliphatic carbocycles. The number of Topliss-reactive ketones (excluding diaryl/α,β-unsaturated/α-hetero) is 1. The first-order valence-electron chi connectivity index (χ1n) is 9.09. The van der Waals surface area contributed by atoms with Gasteiger partial charge in [-0.3, -0.25) is 9.59 Å². The minimum Gasteiger partial charge on any atom is -0.445 e. The van der Waals surface area contributed by atoms with Crippen LogP contribution in [-0.4, -0.2) is 23.0 Å². The molecule has 0 fully saturated rings. The van der Waals surface area contributed by atoms with Gasteiger partial charge >= 0.3 is 5.97 Å². The smallest absolute Gasteiger partial charge is 0.339 e. The molecule has 0 saturated heterocycles. The number of aldehydes is 1. The van der Waals surface area contributed by atoms with Gasteiger partial charge in [-0.25, -0.2) is 4.79 Å². The molecule has 5 nitrogen and oxygen atoms in total. The maximum atomic E-state index is 13.3. The summed E-state index contributed by atoms with van der Waals surface area (Å²) in [6.07, 6.45) is 1.24. The lowest BCUT2D eigenvalue weighted by atomic mass is 9.99. The van der Waals surface area contributed by atoms with Gasteiger partial charge in [0.15, 0.2) is 6.10 Å². The molecule has 1 atom stereocenters. The second kappa shape index (κ2) is 7.94. The van der Waals surface area contributed by atoms with Crippen LogP contribution in [0.5, 0.6) is 0 Å². The molecule has 0 aliphatic heterocycles. The topological polar surface area (TPSA) is 76.2 Å². The second-order valence-electron chi connectivity index (χ2n) is 6.55. The number of para-hydroxylation sites is 1. The minimum absolute atomic E-state index is 0.267. The molecule has 4 rings (SSSR count). The summed E-state index contributed by atoms with van der Waals surface area (Å²) in [4.78, 5) is 39.9. The Morgan fingerprint density at radius 2 is 1.55 bits per heavy atom. The molecule has 3 aromatic carbocycles. The molecule has 142 valence electrons. The second-order valence-corrected chi connectivity index (χ2v) is 6.55. The zero-order valence-electron chi connectivity index (χ0n) is 15.4. The Labute approximate surface area is 166 Å². The van der Waals surface area contributed by atoms with Crippen molar-refractivity contribution in [2.24, 2.45) is 0 Å². The van der Waals surface area contributed by atoms with Crippen LogP contribution in [0.2, 0.25) is 0 Å². The summed E-state index contributed by atoms with van der Waals surface area (Å²) in [5, 5.41) is 0.768. The molecule has 0 spiro atoms. The molecule has 0 amide bonds. The zero-order chi connectivity index (χ0) is 20.2. The fourth-order valence-corrected chi connectivity index (χ4v) is 3.19. The van der Waals surface area contributed by atoms with Crippen molar-refractivity contribution >= 4 is 28.9 Å². The SMILES string of the molecule is O=Cc1ccc(C(=O)O[C@H](C(=O)c2c[nH]c3ccccc23)c2ccccc2)cc1. The number of hydrogen-bond acceptors (Lipinski definition) is 4. The first-order chi connectivity index (χ1) is 14.2. The van der Waals surface area contributed by atoms with Gasteiger partial charge in [0.2, 0.25) is 5.78 Å². The van der Waals surface area contributed by atoms with E-state index in [1.165, 1.54) is 24.3 Å². The lowest BCUT2D eigenvalue weighted by Gasteiger charge is -2.17. The van der Waals surface area contributed by atoms with Crippen molar-refractivity contribution in [1.82, 2.24) is 4.98 Å². The molecule has 0 unspecified atom stereocenters. The van der Waals surface area contributed by atoms with Gasteiger partial charge in [0, 0.05) is 33.8 Å². The fourth-order valence-electron chi connectivity index (χ4n) is 3.19. The molecule has 1 aromatic heterocycles. The van der Waals surface area contributed by atoms with E-state index in [0.29, 0.717) is 23.0 Å². The van der Waals surface area contributed by atoms with Gasteiger partial charge in [0.05, 0.1) is 5.56 Å². The summed E-state index contributed by atoms with van der Waals surface area (Å²) in [6.45, 7) is 0. The standard InChI is InChI=1S/C24H17NO4/c26-15-16-10-12-18(13-11-16)24(28)29-23(17-6-2-1-3-7-17)22(27)20-14-25-21-9-5-4-8-19(20)21/h1-15,23,25H/t23-/m0/s1. The van der Waals surface area contributed by atoms with Crippen molar-refractivity contribution in [2.45, 2.75) is 6.10 Å². The van der Waals surface area contributed by atoms with Gasteiger partial charge in [0.1, 0.15) is 6.29 Å². The number of aromatic amines is 1. The van der Waals surface area contributed by atoms with Crippen LogP contribution in [-0.2, 0) is 4.74 Å². The largest absolute Gasteiger partial charge is 0.445 e. The van der Waals surface area contributed by atoms with Crippen LogP contribution in [0.25, 0.3) is 10.9 Å². The van der Waals surface area contributed by atoms with Crippen LogP contribution >= 0.6 is 0 Å². The Morgan fingerprint density at radius 1 is 0.862 bits per heavy atom. The third-order valence-corrected chi connectivity index (χ3v) is 4.70. The van der Waals surface area contributed by atoms with Crippen molar-refractivity contribution in [3.63, 3.8) is 0 Å². The number of carbonyl (C=O) groups excluding carboxylic acids is 3. The highest BCUT2D eigenvalue weighted by atomic mass is 16.5. The van der Waals surface area contributed by atoms with E-state index in [0.717, 1.165) is 10.9 Å². The fraction of sp³-hybridized carbons (Fsp3) is 0.0417. The minimum atomic E-state index is -1.09. The van der Waals surface area contributed by atoms with Crippen LogP contribution in [0, 0.1) is 0 Å². The Morgan fingerprint density at radius 3 is 2.28 bits per heavy atom. The molecular formula is C24H17NO4. The number of hydrogen-bond donors (Lipinski definition) is 1. The zero-order valence-corrected chi connectivity index (χ0v) is 15.4. The summed E-state index contributed by atoms with van der Waals surface area (Å²) in [7, 11) is 0. The van der Waals surface area contributed by atoms with Crippen molar-refractivity contribution in [3.05, 3.63) is 107 Å². The van der Waals surface area contributed by atoms with Gasteiger partial charge in [-0.15, -0.1) is 0 Å². The monoisotopic (exact) mass is 383 g/mol. The number of H-pyrrole nitrogens is 1. The summed E-state index contributed by atoms with van der Waals surface area (Å²) < 4.78 is 5.64. The Hall–Kier alpha value is -3.99. The molecule has 0 aliphatic rings. The molecule has 4 aromatic rings. The van der Waals surface area contributed by atoms with Crippen LogP contribution in [0.4, 0.5) is 0 Å². The van der Waals surface area contributed by atoms with E-state index in [-0.39, 0.29) is 11.3 Å². The number of nitrogens with one attached hydrogen (secondary N) is 1. The van der Waals surface area contributed by atoms with E-state index in [1.807, 2.05) is 30.3 Å². The third kappa shape index (κ3) is 3.71. The van der Waals surface area contributed by atoms with Crippen LogP contribution in [0.1, 0.15) is 42.7 Å². The van der Waals surface area contributed by atoms with Crippen molar-refractivity contribution < 1.29 is 19.1 Å². The number of aromatic nitrogens is 1. The third-order valence-electron chi connectivity index (χ3n) is 4.70. The van der Waals surface area contributed by atoms with Gasteiger partial charge < -0.3 is 9.72 Å². The van der Waals surface area contributed by atoms with Gasteiger partial charge in [0.25, 0.3) is 0 Å². The van der Waals surface area contributed by atoms with E-state index >= 15 is 0 Å². The highest BCUT2D eigenvalue weighted by molar-refractivity contribution is 6.11. The number of benzene rings is 3. The predicted molar refractivity (Wildman–Crippen MR) is 109 cm³/mol. The average Bonchev–Trinajstić information content (AvgIpc) is 3.22. The lowest BCUT2D eigenvalue weighted by Crippen LogP contribution is -2.20. The maximum absolute atomic E-state index is 13.3. The van der Waals surface area contributed by atoms with Crippen molar-refractivity contribution in [1.29, 1.82) is 0 Å². The molecular weight excluding hydrogens is 366 g/mol. The maximum Gasteiger partial charge on any atom is 0.339 e. The van der Waals surface area contributed by atoms with E-state index in [4.69, 9.17) is 4.74 Å². The van der Waals surface area contributed by atoms with Crippen LogP contribution < -0.4 is 0 Å². The number of carbonyl (C=O) groups is 3. The quantitative estimate of drug-likeness (QED) is 0.296. The van der Waals surface area contributed by atoms with Crippen LogP contribution in [0.3, 0.4) is 0 Å². The molecule has 1 N–H and O–H groups in total. The molecule has 1 heterocycles. The molecule has 0 radical (unpaired) electrons. The summed E-state index contributed by atoms with van der Waals surface area (Å²) in [5.74, 6) is -0.948. The highest BCUT2D eigenvalue weighted by Gasteiger charge is 2.28. The van der Waals surface area contributed by atoms with E-state index in [1.54, 1.807) is 30.5 Å². The number of ketones is 1. The summed E-state index contributed by atoms with van der Waals surface area (Å²) in [6, 6.07) is 22.4. The van der Waals surface area contributed by atoms with E-state index in [2.05, 4.69) is 4.98 Å². The number of ether oxygens (including phenoxy) is 1. The van der Waals surface area contributed by atoms with E-state index in [9.17, 15) is 14.4 Å². The van der Waals surface area contributed by atoms with Gasteiger partial charge in [-0.1, -0.05) is 60.7 Å². The molecule has 5 heteroatoms. The first-order valence-corrected chi connectivity index (χ1v) is 9.09. The number of rotatable bonds is 6. The van der Waals surface area contributed by atoms with Crippen molar-refractivity contribution in [2.75, 3.05) is 0 Å². The van der Waals surface area contributed by atoms with Crippen molar-refractivity contribution in [3.8, 4) is 0 Å². The Kier molecular flexibility index (Phi) is 5.03. The molecule has 0 bridgehead atoms. The number of esters is 1. The van der Waals surface area contributed by atoms with E-state index < -0.39 is 12.1 Å². The lowest BCUT2D eigenvalue weighted by molar-refractivity contribution is 0.0280.